The predicted molar refractivity (Wildman–Crippen MR) is 121 cm³/mol. The zero-order valence-corrected chi connectivity index (χ0v) is 19.6. The first kappa shape index (κ1) is 29.1. The number of carboxylic acids is 1. The number of nitrogens with zero attached hydrogens (tertiary/aromatic N) is 1. The number of carbonyl (C=O) groups excluding carboxylic acids is 3. The lowest BCUT2D eigenvalue weighted by Crippen LogP contribution is -2.58. The number of carbonyl (C=O) groups is 4. The molecule has 0 spiro atoms. The molecule has 12 heteroatoms. The van der Waals surface area contributed by atoms with Crippen molar-refractivity contribution < 1.29 is 24.3 Å². The van der Waals surface area contributed by atoms with Gasteiger partial charge in [-0.3, -0.25) is 24.2 Å². The van der Waals surface area contributed by atoms with E-state index in [9.17, 15) is 19.2 Å². The third kappa shape index (κ3) is 10.4. The fourth-order valence-electron chi connectivity index (χ4n) is 2.71. The molecule has 0 aliphatic carbocycles. The van der Waals surface area contributed by atoms with E-state index < -0.39 is 47.9 Å². The SMILES string of the molecule is CCC(C)C(N)C(=O)NC(CCCN=C(N)N)C(=O)NC(C(=O)NC(C)C(=O)O)C(C)C. The molecule has 10 N–H and O–H groups in total. The minimum absolute atomic E-state index is 0.0853. The molecule has 5 unspecified atom stereocenters. The molecule has 0 rings (SSSR count). The van der Waals surface area contributed by atoms with Gasteiger partial charge in [-0.15, -0.1) is 0 Å². The van der Waals surface area contributed by atoms with E-state index in [1.807, 2.05) is 13.8 Å². The van der Waals surface area contributed by atoms with Gasteiger partial charge in [-0.2, -0.15) is 0 Å². The Kier molecular flexibility index (Phi) is 12.9. The van der Waals surface area contributed by atoms with Gasteiger partial charge in [0.25, 0.3) is 0 Å². The van der Waals surface area contributed by atoms with Crippen LogP contribution in [0.5, 0.6) is 0 Å². The van der Waals surface area contributed by atoms with Crippen LogP contribution in [0.15, 0.2) is 4.99 Å². The van der Waals surface area contributed by atoms with Crippen molar-refractivity contribution in [3.63, 3.8) is 0 Å². The lowest BCUT2D eigenvalue weighted by molar-refractivity contribution is -0.142. The minimum atomic E-state index is -1.20. The average Bonchev–Trinajstić information content (AvgIpc) is 2.71. The van der Waals surface area contributed by atoms with Crippen LogP contribution in [0.2, 0.25) is 0 Å². The van der Waals surface area contributed by atoms with E-state index in [0.717, 1.165) is 0 Å². The van der Waals surface area contributed by atoms with Crippen LogP contribution in [0.1, 0.15) is 53.9 Å². The molecule has 0 heterocycles. The molecule has 12 nitrogen and oxygen atoms in total. The van der Waals surface area contributed by atoms with E-state index in [1.54, 1.807) is 13.8 Å². The van der Waals surface area contributed by atoms with Gasteiger partial charge < -0.3 is 38.3 Å². The Labute approximate surface area is 189 Å². The molecule has 0 aromatic carbocycles. The van der Waals surface area contributed by atoms with Crippen molar-refractivity contribution in [3.8, 4) is 0 Å². The van der Waals surface area contributed by atoms with Crippen LogP contribution in [0.25, 0.3) is 0 Å². The fraction of sp³-hybridized carbons (Fsp3) is 0.750. The van der Waals surface area contributed by atoms with Crippen LogP contribution < -0.4 is 33.2 Å². The number of guanidine groups is 1. The second kappa shape index (κ2) is 14.2. The highest BCUT2D eigenvalue weighted by Gasteiger charge is 2.31. The molecule has 5 atom stereocenters. The highest BCUT2D eigenvalue weighted by molar-refractivity contribution is 5.94. The molecule has 3 amide bonds. The average molecular weight is 458 g/mol. The molecule has 0 saturated heterocycles. The van der Waals surface area contributed by atoms with Crippen LogP contribution in [0.3, 0.4) is 0 Å². The van der Waals surface area contributed by atoms with Crippen molar-refractivity contribution in [2.24, 2.45) is 34.0 Å². The lowest BCUT2D eigenvalue weighted by atomic mass is 9.98. The van der Waals surface area contributed by atoms with Crippen LogP contribution in [-0.4, -0.2) is 65.5 Å². The molecule has 0 aliphatic heterocycles. The summed E-state index contributed by atoms with van der Waals surface area (Å²) in [5.74, 6) is -3.41. The molecule has 0 saturated carbocycles. The maximum atomic E-state index is 13.0. The smallest absolute Gasteiger partial charge is 0.325 e. The van der Waals surface area contributed by atoms with Crippen molar-refractivity contribution >= 4 is 29.7 Å². The summed E-state index contributed by atoms with van der Waals surface area (Å²) in [6.45, 7) is 8.73. The van der Waals surface area contributed by atoms with Crippen molar-refractivity contribution in [2.45, 2.75) is 78.0 Å². The number of aliphatic carboxylic acids is 1. The summed E-state index contributed by atoms with van der Waals surface area (Å²) in [7, 11) is 0. The molecule has 0 radical (unpaired) electrons. The van der Waals surface area contributed by atoms with Gasteiger partial charge in [0.05, 0.1) is 6.04 Å². The standard InChI is InChI=1S/C20H39N7O5/c1-6-11(4)14(21)17(29)26-13(8-7-9-24-20(22)23)16(28)27-15(10(2)3)18(30)25-12(5)19(31)32/h10-15H,6-9,21H2,1-5H3,(H,25,30)(H,26,29)(H,27,28)(H,31,32)(H4,22,23,24). The first-order valence-corrected chi connectivity index (χ1v) is 10.8. The van der Waals surface area contributed by atoms with E-state index in [2.05, 4.69) is 20.9 Å². The Balaban J connectivity index is 5.43. The molecular weight excluding hydrogens is 418 g/mol. The summed E-state index contributed by atoms with van der Waals surface area (Å²) in [6.07, 6.45) is 1.29. The molecule has 184 valence electrons. The lowest BCUT2D eigenvalue weighted by Gasteiger charge is -2.27. The minimum Gasteiger partial charge on any atom is -0.480 e. The van der Waals surface area contributed by atoms with Crippen molar-refractivity contribution in [1.82, 2.24) is 16.0 Å². The number of hydrogen-bond donors (Lipinski definition) is 7. The quantitative estimate of drug-likeness (QED) is 0.0935. The maximum Gasteiger partial charge on any atom is 0.325 e. The number of amides is 3. The molecule has 0 aromatic heterocycles. The second-order valence-corrected chi connectivity index (χ2v) is 8.22. The number of nitrogens with two attached hydrogens (primary N) is 3. The van der Waals surface area contributed by atoms with Crippen molar-refractivity contribution in [2.75, 3.05) is 6.54 Å². The molecule has 0 bridgehead atoms. The van der Waals surface area contributed by atoms with Crippen LogP contribution in [0.4, 0.5) is 0 Å². The summed E-state index contributed by atoms with van der Waals surface area (Å²) in [6, 6.07) is -3.89. The molecule has 0 aliphatic rings. The van der Waals surface area contributed by atoms with E-state index in [-0.39, 0.29) is 30.8 Å². The third-order valence-corrected chi connectivity index (χ3v) is 5.11. The van der Waals surface area contributed by atoms with Crippen LogP contribution in [0, 0.1) is 11.8 Å². The number of carboxylic acid groups (broad SMARTS) is 1. The van der Waals surface area contributed by atoms with Gasteiger partial charge in [-0.05, 0) is 31.6 Å². The maximum absolute atomic E-state index is 13.0. The fourth-order valence-corrected chi connectivity index (χ4v) is 2.71. The highest BCUT2D eigenvalue weighted by atomic mass is 16.4. The zero-order chi connectivity index (χ0) is 25.0. The normalized spacial score (nSPS) is 15.6. The van der Waals surface area contributed by atoms with Gasteiger partial charge in [-0.25, -0.2) is 0 Å². The van der Waals surface area contributed by atoms with Gasteiger partial charge in [0, 0.05) is 6.54 Å². The topological polar surface area (TPSA) is 215 Å². The van der Waals surface area contributed by atoms with Crippen LogP contribution in [-0.2, 0) is 19.2 Å². The van der Waals surface area contributed by atoms with E-state index in [0.29, 0.717) is 12.8 Å². The Morgan fingerprint density at radius 3 is 2.00 bits per heavy atom. The molecule has 0 fully saturated rings. The van der Waals surface area contributed by atoms with Gasteiger partial charge in [0.15, 0.2) is 5.96 Å². The van der Waals surface area contributed by atoms with E-state index >= 15 is 0 Å². The Morgan fingerprint density at radius 1 is 0.938 bits per heavy atom. The second-order valence-electron chi connectivity index (χ2n) is 8.22. The summed E-state index contributed by atoms with van der Waals surface area (Å²) in [4.78, 5) is 52.9. The number of rotatable bonds is 14. The Bertz CT molecular complexity index is 679. The Morgan fingerprint density at radius 2 is 1.53 bits per heavy atom. The van der Waals surface area contributed by atoms with Gasteiger partial charge in [0.2, 0.25) is 17.7 Å². The first-order chi connectivity index (χ1) is 14.8. The predicted octanol–water partition coefficient (Wildman–Crippen LogP) is -1.37. The van der Waals surface area contributed by atoms with Gasteiger partial charge in [0.1, 0.15) is 18.1 Å². The number of hydrogen-bond acceptors (Lipinski definition) is 6. The largest absolute Gasteiger partial charge is 0.480 e. The van der Waals surface area contributed by atoms with E-state index in [4.69, 9.17) is 22.3 Å². The zero-order valence-electron chi connectivity index (χ0n) is 19.6. The van der Waals surface area contributed by atoms with E-state index in [1.165, 1.54) is 6.92 Å². The summed E-state index contributed by atoms with van der Waals surface area (Å²) >= 11 is 0. The van der Waals surface area contributed by atoms with Crippen molar-refractivity contribution in [1.29, 1.82) is 0 Å². The highest BCUT2D eigenvalue weighted by Crippen LogP contribution is 2.09. The van der Waals surface area contributed by atoms with Gasteiger partial charge in [-0.1, -0.05) is 34.1 Å². The molecular formula is C20H39N7O5. The van der Waals surface area contributed by atoms with Crippen LogP contribution >= 0.6 is 0 Å². The first-order valence-electron chi connectivity index (χ1n) is 10.8. The summed E-state index contributed by atoms with van der Waals surface area (Å²) in [5.41, 5.74) is 16.6. The van der Waals surface area contributed by atoms with Gasteiger partial charge >= 0.3 is 5.97 Å². The summed E-state index contributed by atoms with van der Waals surface area (Å²) < 4.78 is 0. The monoisotopic (exact) mass is 457 g/mol. The Hall–Kier alpha value is -2.89. The third-order valence-electron chi connectivity index (χ3n) is 5.11. The molecule has 0 aromatic rings. The summed E-state index contributed by atoms with van der Waals surface area (Å²) in [5, 5.41) is 16.6. The number of aliphatic imine (C=N–C) groups is 1. The number of nitrogens with one attached hydrogen (secondary N) is 3. The molecule has 32 heavy (non-hydrogen) atoms. The van der Waals surface area contributed by atoms with Crippen molar-refractivity contribution in [3.05, 3.63) is 0 Å².